The first-order chi connectivity index (χ1) is 12.7. The van der Waals surface area contributed by atoms with Gasteiger partial charge in [-0.05, 0) is 23.8 Å². The van der Waals surface area contributed by atoms with Gasteiger partial charge in [-0.25, -0.2) is 15.0 Å². The van der Waals surface area contributed by atoms with Crippen LogP contribution in [0.1, 0.15) is 40.5 Å². The number of aromatic nitrogens is 3. The lowest BCUT2D eigenvalue weighted by Crippen LogP contribution is -2.51. The highest BCUT2D eigenvalue weighted by atomic mass is 16.3. The second-order valence-electron chi connectivity index (χ2n) is 8.65. The molecular weight excluding hydrogens is 342 g/mol. The number of carbonyl (C=O) groups is 1. The quantitative estimate of drug-likeness (QED) is 0.856. The van der Waals surface area contributed by atoms with Gasteiger partial charge < -0.3 is 15.3 Å². The number of carbonyl (C=O) groups excluding carboxylic acids is 1. The fourth-order valence-electron chi connectivity index (χ4n) is 3.54. The van der Waals surface area contributed by atoms with E-state index in [1.165, 1.54) is 0 Å². The molecule has 0 bridgehead atoms. The number of hydrogen-bond donors (Lipinski definition) is 2. The molecular formula is C20H29N5O2. The highest BCUT2D eigenvalue weighted by molar-refractivity contribution is 5.85. The Labute approximate surface area is 160 Å². The molecule has 1 amide bonds. The predicted octanol–water partition coefficient (Wildman–Crippen LogP) is 2.15. The van der Waals surface area contributed by atoms with E-state index in [-0.39, 0.29) is 23.8 Å². The van der Waals surface area contributed by atoms with Crippen molar-refractivity contribution < 1.29 is 9.90 Å². The normalized spacial score (nSPS) is 21.9. The largest absolute Gasteiger partial charge is 0.392 e. The maximum Gasteiger partial charge on any atom is 0.222 e. The number of anilines is 1. The molecule has 2 aromatic heterocycles. The van der Waals surface area contributed by atoms with Crippen LogP contribution in [-0.4, -0.2) is 51.2 Å². The second kappa shape index (κ2) is 7.76. The number of aliphatic hydroxyl groups excluding tert-OH is 1. The van der Waals surface area contributed by atoms with Gasteiger partial charge in [-0.2, -0.15) is 0 Å². The van der Waals surface area contributed by atoms with Gasteiger partial charge in [0.2, 0.25) is 5.91 Å². The van der Waals surface area contributed by atoms with Crippen LogP contribution in [0.4, 0.5) is 5.69 Å². The molecule has 1 aliphatic heterocycles. The van der Waals surface area contributed by atoms with Gasteiger partial charge in [0.1, 0.15) is 5.52 Å². The SMILES string of the molecule is C[C@H]1C[C@@H](NC(=O)C[C@@H](O)C(C)(C)C)CN(c2ccnc3nccnc23)C1. The van der Waals surface area contributed by atoms with E-state index < -0.39 is 6.10 Å². The molecule has 27 heavy (non-hydrogen) atoms. The molecule has 0 aliphatic carbocycles. The van der Waals surface area contributed by atoms with E-state index in [1.54, 1.807) is 18.6 Å². The van der Waals surface area contributed by atoms with Crippen LogP contribution in [0.5, 0.6) is 0 Å². The van der Waals surface area contributed by atoms with Crippen LogP contribution < -0.4 is 10.2 Å². The Balaban J connectivity index is 1.72. The summed E-state index contributed by atoms with van der Waals surface area (Å²) in [4.78, 5) is 27.7. The molecule has 2 N–H and O–H groups in total. The third-order valence-corrected chi connectivity index (χ3v) is 5.09. The van der Waals surface area contributed by atoms with Gasteiger partial charge in [0.15, 0.2) is 5.65 Å². The summed E-state index contributed by atoms with van der Waals surface area (Å²) in [6.07, 6.45) is 5.45. The van der Waals surface area contributed by atoms with Crippen molar-refractivity contribution in [3.05, 3.63) is 24.7 Å². The number of piperidine rings is 1. The number of nitrogens with one attached hydrogen (secondary N) is 1. The van der Waals surface area contributed by atoms with Gasteiger partial charge >= 0.3 is 0 Å². The Morgan fingerprint density at radius 3 is 2.70 bits per heavy atom. The zero-order valence-electron chi connectivity index (χ0n) is 16.5. The molecule has 2 aromatic rings. The molecule has 0 spiro atoms. The fraction of sp³-hybridized carbons (Fsp3) is 0.600. The summed E-state index contributed by atoms with van der Waals surface area (Å²) in [7, 11) is 0. The molecule has 7 heteroatoms. The average molecular weight is 371 g/mol. The van der Waals surface area contributed by atoms with Crippen LogP contribution in [0.15, 0.2) is 24.7 Å². The maximum absolute atomic E-state index is 12.4. The number of rotatable bonds is 4. The Morgan fingerprint density at radius 2 is 1.96 bits per heavy atom. The van der Waals surface area contributed by atoms with Crippen molar-refractivity contribution in [1.29, 1.82) is 0 Å². The van der Waals surface area contributed by atoms with E-state index in [1.807, 2.05) is 26.8 Å². The Hall–Kier alpha value is -2.28. The van der Waals surface area contributed by atoms with Crippen molar-refractivity contribution >= 4 is 22.8 Å². The third-order valence-electron chi connectivity index (χ3n) is 5.09. The van der Waals surface area contributed by atoms with Crippen LogP contribution in [0.2, 0.25) is 0 Å². The van der Waals surface area contributed by atoms with Crippen LogP contribution in [-0.2, 0) is 4.79 Å². The molecule has 3 atom stereocenters. The summed E-state index contributed by atoms with van der Waals surface area (Å²) in [5.74, 6) is 0.326. The molecule has 3 heterocycles. The smallest absolute Gasteiger partial charge is 0.222 e. The van der Waals surface area contributed by atoms with Gasteiger partial charge in [0.05, 0.1) is 18.2 Å². The molecule has 0 unspecified atom stereocenters. The monoisotopic (exact) mass is 371 g/mol. The molecule has 1 fully saturated rings. The molecule has 0 radical (unpaired) electrons. The highest BCUT2D eigenvalue weighted by Gasteiger charge is 2.29. The first-order valence-electron chi connectivity index (χ1n) is 9.52. The number of nitrogens with zero attached hydrogens (tertiary/aromatic N) is 4. The van der Waals surface area contributed by atoms with E-state index in [4.69, 9.17) is 0 Å². The molecule has 1 aliphatic rings. The van der Waals surface area contributed by atoms with Crippen molar-refractivity contribution in [2.24, 2.45) is 11.3 Å². The van der Waals surface area contributed by atoms with Gasteiger partial charge in [0, 0.05) is 37.7 Å². The third kappa shape index (κ3) is 4.71. The van der Waals surface area contributed by atoms with Crippen LogP contribution in [0, 0.1) is 11.3 Å². The minimum absolute atomic E-state index is 0.0355. The Kier molecular flexibility index (Phi) is 5.60. The van der Waals surface area contributed by atoms with Crippen molar-refractivity contribution in [2.45, 2.75) is 52.7 Å². The van der Waals surface area contributed by atoms with Gasteiger partial charge in [-0.3, -0.25) is 4.79 Å². The van der Waals surface area contributed by atoms with Gasteiger partial charge in [-0.15, -0.1) is 0 Å². The first kappa shape index (κ1) is 19.5. The summed E-state index contributed by atoms with van der Waals surface area (Å²) < 4.78 is 0. The van der Waals surface area contributed by atoms with E-state index in [2.05, 4.69) is 32.1 Å². The number of pyridine rings is 1. The molecule has 146 valence electrons. The van der Waals surface area contributed by atoms with Crippen LogP contribution >= 0.6 is 0 Å². The van der Waals surface area contributed by atoms with Gasteiger partial charge in [0.25, 0.3) is 0 Å². The molecule has 3 rings (SSSR count). The van der Waals surface area contributed by atoms with Crippen molar-refractivity contribution in [3.63, 3.8) is 0 Å². The summed E-state index contributed by atoms with van der Waals surface area (Å²) in [6, 6.07) is 1.99. The number of amides is 1. The minimum Gasteiger partial charge on any atom is -0.392 e. The molecule has 0 aromatic carbocycles. The average Bonchev–Trinajstić information content (AvgIpc) is 2.59. The van der Waals surface area contributed by atoms with E-state index in [9.17, 15) is 9.90 Å². The minimum atomic E-state index is -0.658. The van der Waals surface area contributed by atoms with Crippen molar-refractivity contribution in [2.75, 3.05) is 18.0 Å². The summed E-state index contributed by atoms with van der Waals surface area (Å²) >= 11 is 0. The van der Waals surface area contributed by atoms with Crippen molar-refractivity contribution in [3.8, 4) is 0 Å². The summed E-state index contributed by atoms with van der Waals surface area (Å²) in [5.41, 5.74) is 2.09. The standard InChI is InChI=1S/C20H29N5O2/c1-13-9-14(24-17(27)10-16(26)20(2,3)4)12-25(11-13)15-5-6-22-19-18(15)21-7-8-23-19/h5-8,13-14,16,26H,9-12H2,1-4H3,(H,24,27)/t13-,14+,16+/m0/s1. The zero-order valence-corrected chi connectivity index (χ0v) is 16.5. The maximum atomic E-state index is 12.4. The lowest BCUT2D eigenvalue weighted by molar-refractivity contribution is -0.125. The number of hydrogen-bond acceptors (Lipinski definition) is 6. The topological polar surface area (TPSA) is 91.2 Å². The summed E-state index contributed by atoms with van der Waals surface area (Å²) in [6.45, 7) is 9.59. The number of aliphatic hydroxyl groups is 1. The lowest BCUT2D eigenvalue weighted by Gasteiger charge is -2.38. The fourth-order valence-corrected chi connectivity index (χ4v) is 3.54. The van der Waals surface area contributed by atoms with E-state index >= 15 is 0 Å². The lowest BCUT2D eigenvalue weighted by atomic mass is 9.87. The zero-order chi connectivity index (χ0) is 19.6. The molecule has 1 saturated heterocycles. The summed E-state index contributed by atoms with van der Waals surface area (Å²) in [5, 5.41) is 13.3. The highest BCUT2D eigenvalue weighted by Crippen LogP contribution is 2.27. The molecule has 0 saturated carbocycles. The Morgan fingerprint density at radius 1 is 1.26 bits per heavy atom. The van der Waals surface area contributed by atoms with Gasteiger partial charge in [-0.1, -0.05) is 27.7 Å². The number of fused-ring (bicyclic) bond motifs is 1. The predicted molar refractivity (Wildman–Crippen MR) is 105 cm³/mol. The van der Waals surface area contributed by atoms with E-state index in [0.717, 1.165) is 24.2 Å². The first-order valence-corrected chi connectivity index (χ1v) is 9.52. The molecule has 7 nitrogen and oxygen atoms in total. The second-order valence-corrected chi connectivity index (χ2v) is 8.65. The van der Waals surface area contributed by atoms with Crippen LogP contribution in [0.3, 0.4) is 0 Å². The van der Waals surface area contributed by atoms with E-state index in [0.29, 0.717) is 18.1 Å². The Bertz CT molecular complexity index is 799. The van der Waals surface area contributed by atoms with Crippen molar-refractivity contribution in [1.82, 2.24) is 20.3 Å². The van der Waals surface area contributed by atoms with Crippen LogP contribution in [0.25, 0.3) is 11.2 Å².